The minimum Gasteiger partial charge on any atom is -0.453 e. The fourth-order valence-corrected chi connectivity index (χ4v) is 1.99. The van der Waals surface area contributed by atoms with Gasteiger partial charge < -0.3 is 14.2 Å². The molecule has 1 heterocycles. The molecule has 1 atom stereocenters. The SMILES string of the molecule is CC(C)(C)OC[C@H]1CC(=O)C2=C1OC(C)(C)O2. The van der Waals surface area contributed by atoms with E-state index in [0.29, 0.717) is 24.5 Å². The van der Waals surface area contributed by atoms with Gasteiger partial charge in [-0.3, -0.25) is 4.79 Å². The van der Waals surface area contributed by atoms with Crippen molar-refractivity contribution in [1.29, 1.82) is 0 Å². The van der Waals surface area contributed by atoms with E-state index in [9.17, 15) is 4.79 Å². The molecule has 0 amide bonds. The Morgan fingerprint density at radius 2 is 2.00 bits per heavy atom. The predicted molar refractivity (Wildman–Crippen MR) is 62.1 cm³/mol. The highest BCUT2D eigenvalue weighted by Crippen LogP contribution is 2.42. The highest BCUT2D eigenvalue weighted by Gasteiger charge is 2.46. The van der Waals surface area contributed by atoms with Crippen LogP contribution in [0, 0.1) is 5.92 Å². The summed E-state index contributed by atoms with van der Waals surface area (Å²) in [5.41, 5.74) is -0.207. The van der Waals surface area contributed by atoms with Gasteiger partial charge in [0.15, 0.2) is 5.76 Å². The first kappa shape index (κ1) is 12.4. The number of carbonyl (C=O) groups is 1. The molecule has 0 N–H and O–H groups in total. The van der Waals surface area contributed by atoms with E-state index in [2.05, 4.69) is 0 Å². The highest BCUT2D eigenvalue weighted by atomic mass is 16.7. The summed E-state index contributed by atoms with van der Waals surface area (Å²) < 4.78 is 16.9. The average molecular weight is 240 g/mol. The van der Waals surface area contributed by atoms with E-state index < -0.39 is 5.79 Å². The van der Waals surface area contributed by atoms with Gasteiger partial charge in [0, 0.05) is 20.3 Å². The number of carbonyl (C=O) groups excluding carboxylic acids is 1. The molecule has 96 valence electrons. The van der Waals surface area contributed by atoms with Gasteiger partial charge in [-0.1, -0.05) is 0 Å². The number of rotatable bonds is 2. The van der Waals surface area contributed by atoms with E-state index in [1.165, 1.54) is 0 Å². The van der Waals surface area contributed by atoms with Crippen molar-refractivity contribution >= 4 is 5.78 Å². The maximum Gasteiger partial charge on any atom is 0.245 e. The Balaban J connectivity index is 2.05. The normalized spacial score (nSPS) is 26.9. The second-order valence-corrected chi connectivity index (χ2v) is 6.04. The van der Waals surface area contributed by atoms with Crippen LogP contribution in [0.5, 0.6) is 0 Å². The van der Waals surface area contributed by atoms with E-state index in [4.69, 9.17) is 14.2 Å². The Kier molecular flexibility index (Phi) is 2.73. The minimum absolute atomic E-state index is 0.00139. The minimum atomic E-state index is -0.721. The van der Waals surface area contributed by atoms with Crippen LogP contribution in [0.25, 0.3) is 0 Å². The first-order valence-corrected chi connectivity index (χ1v) is 5.97. The summed E-state index contributed by atoms with van der Waals surface area (Å²) in [5.74, 6) is 0.370. The molecule has 1 aliphatic heterocycles. The van der Waals surface area contributed by atoms with Crippen LogP contribution < -0.4 is 0 Å². The van der Waals surface area contributed by atoms with Crippen LogP contribution in [-0.2, 0) is 19.0 Å². The third kappa shape index (κ3) is 2.63. The average Bonchev–Trinajstić information content (AvgIpc) is 2.58. The van der Waals surface area contributed by atoms with Gasteiger partial charge in [-0.25, -0.2) is 0 Å². The molecule has 0 fully saturated rings. The first-order chi connectivity index (χ1) is 7.68. The molecule has 0 radical (unpaired) electrons. The fourth-order valence-electron chi connectivity index (χ4n) is 1.99. The highest BCUT2D eigenvalue weighted by molar-refractivity contribution is 5.97. The molecule has 0 unspecified atom stereocenters. The Labute approximate surface area is 102 Å². The maximum atomic E-state index is 11.8. The van der Waals surface area contributed by atoms with E-state index >= 15 is 0 Å². The standard InChI is InChI=1S/C13H20O4/c1-12(2,3)15-7-8-6-9(14)11-10(8)16-13(4,5)17-11/h8H,6-7H2,1-5H3/t8-/m1/s1. The molecule has 2 rings (SSSR count). The molecule has 4 nitrogen and oxygen atoms in total. The lowest BCUT2D eigenvalue weighted by atomic mass is 10.1. The molecular weight excluding hydrogens is 220 g/mol. The number of allylic oxidation sites excluding steroid dienone is 1. The van der Waals surface area contributed by atoms with Crippen molar-refractivity contribution in [3.63, 3.8) is 0 Å². The van der Waals surface area contributed by atoms with Gasteiger partial charge in [-0.05, 0) is 20.8 Å². The van der Waals surface area contributed by atoms with Crippen LogP contribution in [-0.4, -0.2) is 23.8 Å². The molecule has 0 bridgehead atoms. The lowest BCUT2D eigenvalue weighted by molar-refractivity contribution is -0.148. The summed E-state index contributed by atoms with van der Waals surface area (Å²) in [6.45, 7) is 10.1. The van der Waals surface area contributed by atoms with Crippen LogP contribution in [0.3, 0.4) is 0 Å². The van der Waals surface area contributed by atoms with Crippen LogP contribution in [0.1, 0.15) is 41.0 Å². The van der Waals surface area contributed by atoms with Crippen LogP contribution in [0.15, 0.2) is 11.5 Å². The van der Waals surface area contributed by atoms with Gasteiger partial charge in [0.1, 0.15) is 0 Å². The van der Waals surface area contributed by atoms with E-state index in [0.717, 1.165) is 0 Å². The Hall–Kier alpha value is -1.03. The summed E-state index contributed by atoms with van der Waals surface area (Å²) in [6, 6.07) is 0. The van der Waals surface area contributed by atoms with Crippen LogP contribution >= 0.6 is 0 Å². The Bertz CT molecular complexity index is 373. The smallest absolute Gasteiger partial charge is 0.245 e. The van der Waals surface area contributed by atoms with Crippen LogP contribution in [0.4, 0.5) is 0 Å². The summed E-state index contributed by atoms with van der Waals surface area (Å²) in [4.78, 5) is 11.8. The van der Waals surface area contributed by atoms with Crippen molar-refractivity contribution in [3.05, 3.63) is 11.5 Å². The molecule has 0 spiro atoms. The number of hydrogen-bond donors (Lipinski definition) is 0. The zero-order valence-corrected chi connectivity index (χ0v) is 11.1. The van der Waals surface area contributed by atoms with Crippen molar-refractivity contribution in [3.8, 4) is 0 Å². The predicted octanol–water partition coefficient (Wildman–Crippen LogP) is 2.39. The van der Waals surface area contributed by atoms with Crippen molar-refractivity contribution in [2.24, 2.45) is 5.92 Å². The monoisotopic (exact) mass is 240 g/mol. The van der Waals surface area contributed by atoms with Crippen molar-refractivity contribution < 1.29 is 19.0 Å². The molecule has 0 aromatic carbocycles. The Morgan fingerprint density at radius 1 is 1.35 bits per heavy atom. The van der Waals surface area contributed by atoms with E-state index in [1.54, 1.807) is 13.8 Å². The van der Waals surface area contributed by atoms with Gasteiger partial charge >= 0.3 is 0 Å². The number of ketones is 1. The van der Waals surface area contributed by atoms with Gasteiger partial charge in [0.2, 0.25) is 17.3 Å². The lowest BCUT2D eigenvalue weighted by Crippen LogP contribution is -2.28. The third-order valence-electron chi connectivity index (χ3n) is 2.70. The van der Waals surface area contributed by atoms with E-state index in [1.807, 2.05) is 20.8 Å². The lowest BCUT2D eigenvalue weighted by Gasteiger charge is -2.25. The summed E-state index contributed by atoms with van der Waals surface area (Å²) >= 11 is 0. The molecule has 0 saturated heterocycles. The van der Waals surface area contributed by atoms with Gasteiger partial charge in [-0.15, -0.1) is 0 Å². The second-order valence-electron chi connectivity index (χ2n) is 6.04. The molecular formula is C13H20O4. The third-order valence-corrected chi connectivity index (χ3v) is 2.70. The number of Topliss-reactive ketones (excluding diaryl/α,β-unsaturated/α-hetero) is 1. The van der Waals surface area contributed by atoms with Crippen LogP contribution in [0.2, 0.25) is 0 Å². The topological polar surface area (TPSA) is 44.8 Å². The fraction of sp³-hybridized carbons (Fsp3) is 0.769. The second kappa shape index (κ2) is 3.73. The molecule has 0 aromatic heterocycles. The largest absolute Gasteiger partial charge is 0.453 e. The number of hydrogen-bond acceptors (Lipinski definition) is 4. The molecule has 17 heavy (non-hydrogen) atoms. The zero-order valence-electron chi connectivity index (χ0n) is 11.1. The van der Waals surface area contributed by atoms with Crippen molar-refractivity contribution in [2.75, 3.05) is 6.61 Å². The first-order valence-electron chi connectivity index (χ1n) is 5.97. The molecule has 0 saturated carbocycles. The summed E-state index contributed by atoms with van der Waals surface area (Å²) in [7, 11) is 0. The molecule has 2 aliphatic rings. The van der Waals surface area contributed by atoms with Gasteiger partial charge in [-0.2, -0.15) is 0 Å². The molecule has 4 heteroatoms. The summed E-state index contributed by atoms with van der Waals surface area (Å²) in [6.07, 6.45) is 0.427. The quantitative estimate of drug-likeness (QED) is 0.743. The van der Waals surface area contributed by atoms with Gasteiger partial charge in [0.25, 0.3) is 0 Å². The Morgan fingerprint density at radius 3 is 2.59 bits per heavy atom. The zero-order chi connectivity index (χ0) is 12.8. The molecule has 1 aliphatic carbocycles. The van der Waals surface area contributed by atoms with Gasteiger partial charge in [0.05, 0.1) is 18.1 Å². The molecule has 0 aromatic rings. The number of ether oxygens (including phenoxy) is 3. The maximum absolute atomic E-state index is 11.8. The van der Waals surface area contributed by atoms with Crippen molar-refractivity contribution in [2.45, 2.75) is 52.4 Å². The summed E-state index contributed by atoms with van der Waals surface area (Å²) in [5, 5.41) is 0. The van der Waals surface area contributed by atoms with Crippen molar-refractivity contribution in [1.82, 2.24) is 0 Å². The van der Waals surface area contributed by atoms with E-state index in [-0.39, 0.29) is 17.3 Å².